The van der Waals surface area contributed by atoms with E-state index in [2.05, 4.69) is 16.8 Å². The minimum Gasteiger partial charge on any atom is -0.493 e. The molecule has 0 spiro atoms. The number of para-hydroxylation sites is 2. The van der Waals surface area contributed by atoms with Gasteiger partial charge in [-0.3, -0.25) is 9.69 Å². The molecule has 1 aromatic carbocycles. The Labute approximate surface area is 150 Å². The van der Waals surface area contributed by atoms with Gasteiger partial charge in [-0.15, -0.1) is 0 Å². The fourth-order valence-electron chi connectivity index (χ4n) is 3.74. The SMILES string of the molecule is COc1ccccc1OCC(=O)N1CCN(C2CCCN(C)C2)CC1. The number of piperidine rings is 1. The van der Waals surface area contributed by atoms with Gasteiger partial charge in [0.25, 0.3) is 5.91 Å². The zero-order chi connectivity index (χ0) is 17.6. The molecule has 1 unspecified atom stereocenters. The lowest BCUT2D eigenvalue weighted by Crippen LogP contribution is -2.56. The van der Waals surface area contributed by atoms with Crippen LogP contribution in [0.5, 0.6) is 11.5 Å². The molecule has 25 heavy (non-hydrogen) atoms. The maximum atomic E-state index is 12.4. The summed E-state index contributed by atoms with van der Waals surface area (Å²) in [5.74, 6) is 1.31. The fraction of sp³-hybridized carbons (Fsp3) is 0.632. The van der Waals surface area contributed by atoms with Gasteiger partial charge in [-0.25, -0.2) is 0 Å². The second kappa shape index (κ2) is 8.54. The van der Waals surface area contributed by atoms with E-state index in [0.717, 1.165) is 32.7 Å². The second-order valence-electron chi connectivity index (χ2n) is 6.91. The minimum absolute atomic E-state index is 0.0475. The second-order valence-corrected chi connectivity index (χ2v) is 6.91. The van der Waals surface area contributed by atoms with E-state index in [1.165, 1.54) is 19.4 Å². The number of likely N-dealkylation sites (N-methyl/N-ethyl adjacent to an activating group) is 1. The highest BCUT2D eigenvalue weighted by molar-refractivity contribution is 5.78. The molecule has 0 N–H and O–H groups in total. The number of amides is 1. The van der Waals surface area contributed by atoms with Crippen LogP contribution in [-0.2, 0) is 4.79 Å². The van der Waals surface area contributed by atoms with Crippen molar-refractivity contribution in [3.05, 3.63) is 24.3 Å². The number of nitrogens with zero attached hydrogens (tertiary/aromatic N) is 3. The Morgan fingerprint density at radius 2 is 1.84 bits per heavy atom. The van der Waals surface area contributed by atoms with Crippen LogP contribution in [0.1, 0.15) is 12.8 Å². The average molecular weight is 347 g/mol. The Hall–Kier alpha value is -1.79. The van der Waals surface area contributed by atoms with Gasteiger partial charge >= 0.3 is 0 Å². The monoisotopic (exact) mass is 347 g/mol. The zero-order valence-electron chi connectivity index (χ0n) is 15.3. The van der Waals surface area contributed by atoms with Gasteiger partial charge in [0.2, 0.25) is 0 Å². The minimum atomic E-state index is 0.0475. The number of methoxy groups -OCH3 is 1. The Bertz CT molecular complexity index is 573. The summed E-state index contributed by atoms with van der Waals surface area (Å²) >= 11 is 0. The van der Waals surface area contributed by atoms with Crippen LogP contribution < -0.4 is 9.47 Å². The normalized spacial score (nSPS) is 22.6. The smallest absolute Gasteiger partial charge is 0.260 e. The first-order valence-corrected chi connectivity index (χ1v) is 9.13. The van der Waals surface area contributed by atoms with Crippen molar-refractivity contribution in [2.45, 2.75) is 18.9 Å². The van der Waals surface area contributed by atoms with E-state index < -0.39 is 0 Å². The average Bonchev–Trinajstić information content (AvgIpc) is 2.66. The number of hydrogen-bond acceptors (Lipinski definition) is 5. The molecule has 0 aliphatic carbocycles. The molecule has 6 nitrogen and oxygen atoms in total. The van der Waals surface area contributed by atoms with Gasteiger partial charge in [0, 0.05) is 38.8 Å². The van der Waals surface area contributed by atoms with Crippen molar-refractivity contribution in [3.8, 4) is 11.5 Å². The van der Waals surface area contributed by atoms with Crippen LogP contribution in [-0.4, -0.2) is 86.7 Å². The zero-order valence-corrected chi connectivity index (χ0v) is 15.3. The number of rotatable bonds is 5. The Balaban J connectivity index is 1.45. The molecule has 0 radical (unpaired) electrons. The van der Waals surface area contributed by atoms with Crippen LogP contribution in [0.4, 0.5) is 0 Å². The quantitative estimate of drug-likeness (QED) is 0.804. The van der Waals surface area contributed by atoms with E-state index in [1.54, 1.807) is 7.11 Å². The molecule has 1 amide bonds. The highest BCUT2D eigenvalue weighted by atomic mass is 16.5. The third-order valence-corrected chi connectivity index (χ3v) is 5.20. The highest BCUT2D eigenvalue weighted by Gasteiger charge is 2.28. The van der Waals surface area contributed by atoms with Gasteiger partial charge in [0.05, 0.1) is 7.11 Å². The number of piperazine rings is 1. The van der Waals surface area contributed by atoms with E-state index in [-0.39, 0.29) is 12.5 Å². The number of carbonyl (C=O) groups excluding carboxylic acids is 1. The molecular formula is C19H29N3O3. The number of likely N-dealkylation sites (tertiary alicyclic amines) is 1. The van der Waals surface area contributed by atoms with Crippen molar-refractivity contribution in [2.24, 2.45) is 0 Å². The number of carbonyl (C=O) groups is 1. The molecule has 1 aromatic rings. The van der Waals surface area contributed by atoms with Crippen LogP contribution in [0.2, 0.25) is 0 Å². The largest absolute Gasteiger partial charge is 0.493 e. The molecule has 2 aliphatic rings. The van der Waals surface area contributed by atoms with Crippen molar-refractivity contribution in [1.82, 2.24) is 14.7 Å². The molecule has 1 atom stereocenters. The number of hydrogen-bond donors (Lipinski definition) is 0. The molecule has 138 valence electrons. The summed E-state index contributed by atoms with van der Waals surface area (Å²) in [5, 5.41) is 0. The molecule has 2 heterocycles. The predicted octanol–water partition coefficient (Wildman–Crippen LogP) is 1.31. The third kappa shape index (κ3) is 4.64. The van der Waals surface area contributed by atoms with Crippen molar-refractivity contribution in [3.63, 3.8) is 0 Å². The van der Waals surface area contributed by atoms with Crippen molar-refractivity contribution in [2.75, 3.05) is 60.0 Å². The van der Waals surface area contributed by atoms with Crippen molar-refractivity contribution in [1.29, 1.82) is 0 Å². The van der Waals surface area contributed by atoms with E-state index in [1.807, 2.05) is 29.2 Å². The summed E-state index contributed by atoms with van der Waals surface area (Å²) in [4.78, 5) is 19.3. The first-order valence-electron chi connectivity index (χ1n) is 9.13. The Morgan fingerprint density at radius 3 is 2.52 bits per heavy atom. The van der Waals surface area contributed by atoms with Gasteiger partial charge < -0.3 is 19.3 Å². The Morgan fingerprint density at radius 1 is 1.12 bits per heavy atom. The van der Waals surface area contributed by atoms with Gasteiger partial charge in [0.1, 0.15) is 0 Å². The molecule has 0 bridgehead atoms. The first kappa shape index (κ1) is 18.0. The summed E-state index contributed by atoms with van der Waals surface area (Å²) in [5.41, 5.74) is 0. The molecule has 3 rings (SSSR count). The first-order chi connectivity index (χ1) is 12.2. The number of benzene rings is 1. The topological polar surface area (TPSA) is 45.3 Å². The predicted molar refractivity (Wildman–Crippen MR) is 97.2 cm³/mol. The van der Waals surface area contributed by atoms with E-state index >= 15 is 0 Å². The summed E-state index contributed by atoms with van der Waals surface area (Å²) in [6.07, 6.45) is 2.54. The van der Waals surface area contributed by atoms with Crippen molar-refractivity contribution >= 4 is 5.91 Å². The van der Waals surface area contributed by atoms with E-state index in [4.69, 9.17) is 9.47 Å². The van der Waals surface area contributed by atoms with Crippen LogP contribution in [0.15, 0.2) is 24.3 Å². The van der Waals surface area contributed by atoms with Crippen LogP contribution >= 0.6 is 0 Å². The van der Waals surface area contributed by atoms with Gasteiger partial charge in [-0.2, -0.15) is 0 Å². The van der Waals surface area contributed by atoms with E-state index in [0.29, 0.717) is 17.5 Å². The summed E-state index contributed by atoms with van der Waals surface area (Å²) in [6.45, 7) is 5.90. The lowest BCUT2D eigenvalue weighted by molar-refractivity contribution is -0.135. The maximum absolute atomic E-state index is 12.4. The summed E-state index contributed by atoms with van der Waals surface area (Å²) in [6, 6.07) is 8.06. The standard InChI is InChI=1S/C19H29N3O3/c1-20-9-5-6-16(14-20)21-10-12-22(13-11-21)19(23)15-25-18-8-4-3-7-17(18)24-2/h3-4,7-8,16H,5-6,9-15H2,1-2H3. The van der Waals surface area contributed by atoms with Crippen LogP contribution in [0, 0.1) is 0 Å². The van der Waals surface area contributed by atoms with Crippen LogP contribution in [0.25, 0.3) is 0 Å². The molecule has 2 aliphatic heterocycles. The lowest BCUT2D eigenvalue weighted by atomic mass is 10.0. The summed E-state index contributed by atoms with van der Waals surface area (Å²) in [7, 11) is 3.80. The van der Waals surface area contributed by atoms with E-state index in [9.17, 15) is 4.79 Å². The van der Waals surface area contributed by atoms with Crippen LogP contribution in [0.3, 0.4) is 0 Å². The number of ether oxygens (including phenoxy) is 2. The highest BCUT2D eigenvalue weighted by Crippen LogP contribution is 2.25. The molecule has 2 fully saturated rings. The van der Waals surface area contributed by atoms with Gasteiger partial charge in [-0.1, -0.05) is 12.1 Å². The Kier molecular flexibility index (Phi) is 6.15. The third-order valence-electron chi connectivity index (χ3n) is 5.20. The molecule has 0 aromatic heterocycles. The molecular weight excluding hydrogens is 318 g/mol. The molecule has 0 saturated carbocycles. The maximum Gasteiger partial charge on any atom is 0.260 e. The molecule has 2 saturated heterocycles. The fourth-order valence-corrected chi connectivity index (χ4v) is 3.74. The molecule has 6 heteroatoms. The summed E-state index contributed by atoms with van der Waals surface area (Å²) < 4.78 is 10.9. The van der Waals surface area contributed by atoms with Gasteiger partial charge in [0.15, 0.2) is 18.1 Å². The van der Waals surface area contributed by atoms with Crippen molar-refractivity contribution < 1.29 is 14.3 Å². The lowest BCUT2D eigenvalue weighted by Gasteiger charge is -2.42. The van der Waals surface area contributed by atoms with Gasteiger partial charge in [-0.05, 0) is 38.6 Å².